The van der Waals surface area contributed by atoms with Gasteiger partial charge >= 0.3 is 0 Å². The number of halogens is 1. The molecule has 4 rings (SSSR count). The number of nitrogen functional groups attached to an aromatic ring is 1. The summed E-state index contributed by atoms with van der Waals surface area (Å²) in [5, 5.41) is 0.521. The number of nitrogens with two attached hydrogens (primary N) is 1. The number of carbonyl (C=O) groups is 1. The number of pyridine rings is 1. The van der Waals surface area contributed by atoms with E-state index in [1.807, 2.05) is 15.5 Å². The molecular weight excluding hydrogens is 326 g/mol. The first-order valence-corrected chi connectivity index (χ1v) is 8.45. The monoisotopic (exact) mass is 343 g/mol. The molecule has 0 aliphatic carbocycles. The normalized spacial score (nSPS) is 22.1. The third-order valence-electron chi connectivity index (χ3n) is 5.01. The smallest absolute Gasteiger partial charge is 0.255 e. The molecule has 6 heteroatoms. The third-order valence-corrected chi connectivity index (χ3v) is 5.25. The summed E-state index contributed by atoms with van der Waals surface area (Å²) >= 11 is 5.92. The third kappa shape index (κ3) is 2.49. The summed E-state index contributed by atoms with van der Waals surface area (Å²) in [7, 11) is 0. The highest BCUT2D eigenvalue weighted by Gasteiger charge is 2.36. The van der Waals surface area contributed by atoms with Gasteiger partial charge in [-0.15, -0.1) is 0 Å². The van der Waals surface area contributed by atoms with Crippen LogP contribution < -0.4 is 11.3 Å². The van der Waals surface area contributed by atoms with E-state index in [1.165, 1.54) is 0 Å². The van der Waals surface area contributed by atoms with Crippen LogP contribution in [0.3, 0.4) is 0 Å². The Hall–Kier alpha value is -2.27. The molecule has 2 aliphatic rings. The molecule has 0 radical (unpaired) electrons. The average molecular weight is 344 g/mol. The Morgan fingerprint density at radius 3 is 2.79 bits per heavy atom. The molecule has 2 bridgehead atoms. The number of rotatable bonds is 1. The van der Waals surface area contributed by atoms with Gasteiger partial charge in [0.15, 0.2) is 0 Å². The average Bonchev–Trinajstić information content (AvgIpc) is 2.55. The second-order valence-electron chi connectivity index (χ2n) is 6.64. The minimum absolute atomic E-state index is 0.0453. The van der Waals surface area contributed by atoms with E-state index in [2.05, 4.69) is 0 Å². The first-order chi connectivity index (χ1) is 11.5. The van der Waals surface area contributed by atoms with E-state index in [-0.39, 0.29) is 17.4 Å². The van der Waals surface area contributed by atoms with Crippen molar-refractivity contribution in [1.29, 1.82) is 0 Å². The highest BCUT2D eigenvalue weighted by molar-refractivity contribution is 6.31. The summed E-state index contributed by atoms with van der Waals surface area (Å²) in [6.45, 7) is 1.93. The molecule has 1 fully saturated rings. The van der Waals surface area contributed by atoms with Crippen LogP contribution in [0.5, 0.6) is 0 Å². The number of anilines is 1. The molecule has 2 aliphatic heterocycles. The van der Waals surface area contributed by atoms with Crippen LogP contribution in [0.4, 0.5) is 5.69 Å². The van der Waals surface area contributed by atoms with Crippen LogP contribution in [0, 0.1) is 5.92 Å². The molecule has 24 heavy (non-hydrogen) atoms. The van der Waals surface area contributed by atoms with Crippen molar-refractivity contribution in [2.75, 3.05) is 18.8 Å². The predicted molar refractivity (Wildman–Crippen MR) is 93.3 cm³/mol. The van der Waals surface area contributed by atoms with Gasteiger partial charge in [-0.2, -0.15) is 0 Å². The molecule has 0 saturated carbocycles. The number of hydrogen-bond donors (Lipinski definition) is 1. The molecule has 1 amide bonds. The zero-order valence-electron chi connectivity index (χ0n) is 13.1. The summed E-state index contributed by atoms with van der Waals surface area (Å²) in [5.74, 6) is 0.434. The SMILES string of the molecule is Nc1cc(Cl)ccc1C(=O)N1CC2CC(C1)c1cccc(=O)n1C2. The van der Waals surface area contributed by atoms with Crippen molar-refractivity contribution in [3.05, 3.63) is 63.0 Å². The fourth-order valence-electron chi connectivity index (χ4n) is 3.96. The fraction of sp³-hybridized carbons (Fsp3) is 0.333. The van der Waals surface area contributed by atoms with Crippen LogP contribution in [0.15, 0.2) is 41.2 Å². The maximum absolute atomic E-state index is 12.9. The maximum Gasteiger partial charge on any atom is 0.255 e. The Morgan fingerprint density at radius 2 is 2.00 bits per heavy atom. The minimum atomic E-state index is -0.0643. The van der Waals surface area contributed by atoms with E-state index in [0.717, 1.165) is 12.1 Å². The zero-order chi connectivity index (χ0) is 16.8. The standard InChI is InChI=1S/C18H18ClN3O2/c19-13-4-5-14(15(20)7-13)18(24)21-8-11-6-12(10-21)16-2-1-3-17(23)22(16)9-11/h1-5,7,11-12H,6,8-10,20H2. The second kappa shape index (κ2) is 5.67. The molecule has 2 N–H and O–H groups in total. The molecule has 1 aromatic carbocycles. The molecule has 2 atom stereocenters. The lowest BCUT2D eigenvalue weighted by Gasteiger charge is -2.42. The number of amides is 1. The first kappa shape index (κ1) is 15.3. The summed E-state index contributed by atoms with van der Waals surface area (Å²) in [4.78, 5) is 26.8. The van der Waals surface area contributed by atoms with Crippen molar-refractivity contribution in [2.45, 2.75) is 18.9 Å². The molecule has 2 aromatic rings. The Bertz CT molecular complexity index is 877. The number of benzene rings is 1. The van der Waals surface area contributed by atoms with Gasteiger partial charge in [-0.05, 0) is 36.6 Å². The molecule has 5 nitrogen and oxygen atoms in total. The second-order valence-corrected chi connectivity index (χ2v) is 7.08. The highest BCUT2D eigenvalue weighted by Crippen LogP contribution is 2.35. The summed E-state index contributed by atoms with van der Waals surface area (Å²) in [5.41, 5.74) is 7.93. The Labute approximate surface area is 144 Å². The van der Waals surface area contributed by atoms with Crippen LogP contribution in [0.2, 0.25) is 5.02 Å². The quantitative estimate of drug-likeness (QED) is 0.808. The number of fused-ring (bicyclic) bond motifs is 4. The highest BCUT2D eigenvalue weighted by atomic mass is 35.5. The van der Waals surface area contributed by atoms with Gasteiger partial charge in [-0.25, -0.2) is 0 Å². The number of nitrogens with zero attached hydrogens (tertiary/aromatic N) is 2. The van der Waals surface area contributed by atoms with Crippen molar-refractivity contribution in [1.82, 2.24) is 9.47 Å². The number of hydrogen-bond acceptors (Lipinski definition) is 3. The lowest BCUT2D eigenvalue weighted by atomic mass is 9.83. The lowest BCUT2D eigenvalue weighted by molar-refractivity contribution is 0.0595. The predicted octanol–water partition coefficient (Wildman–Crippen LogP) is 2.34. The maximum atomic E-state index is 12.9. The zero-order valence-corrected chi connectivity index (χ0v) is 13.9. The molecular formula is C18H18ClN3O2. The van der Waals surface area contributed by atoms with E-state index in [1.54, 1.807) is 30.3 Å². The molecule has 124 valence electrons. The van der Waals surface area contributed by atoms with Crippen molar-refractivity contribution < 1.29 is 4.79 Å². The van der Waals surface area contributed by atoms with Gasteiger partial charge < -0.3 is 15.2 Å². The van der Waals surface area contributed by atoms with Gasteiger partial charge in [0.1, 0.15) is 0 Å². The lowest BCUT2D eigenvalue weighted by Crippen LogP contribution is -2.49. The van der Waals surface area contributed by atoms with Crippen LogP contribution in [-0.2, 0) is 6.54 Å². The summed E-state index contributed by atoms with van der Waals surface area (Å²) in [6.07, 6.45) is 1.02. The first-order valence-electron chi connectivity index (χ1n) is 8.07. The number of likely N-dealkylation sites (tertiary alicyclic amines) is 1. The summed E-state index contributed by atoms with van der Waals surface area (Å²) in [6, 6.07) is 10.4. The largest absolute Gasteiger partial charge is 0.398 e. The molecule has 2 unspecified atom stereocenters. The van der Waals surface area contributed by atoms with Gasteiger partial charge in [0.25, 0.3) is 11.5 Å². The molecule has 1 aromatic heterocycles. The van der Waals surface area contributed by atoms with E-state index in [4.69, 9.17) is 17.3 Å². The molecule has 0 spiro atoms. The number of carbonyl (C=O) groups excluding carboxylic acids is 1. The van der Waals surface area contributed by atoms with Crippen molar-refractivity contribution >= 4 is 23.2 Å². The van der Waals surface area contributed by atoms with E-state index >= 15 is 0 Å². The van der Waals surface area contributed by atoms with Crippen LogP contribution in [-0.4, -0.2) is 28.5 Å². The number of aromatic nitrogens is 1. The van der Waals surface area contributed by atoms with Gasteiger partial charge in [0.05, 0.1) is 5.56 Å². The summed E-state index contributed by atoms with van der Waals surface area (Å²) < 4.78 is 1.86. The van der Waals surface area contributed by atoms with Crippen molar-refractivity contribution in [2.24, 2.45) is 5.92 Å². The minimum Gasteiger partial charge on any atom is -0.398 e. The van der Waals surface area contributed by atoms with Crippen LogP contribution in [0.1, 0.15) is 28.4 Å². The van der Waals surface area contributed by atoms with Gasteiger partial charge in [-0.1, -0.05) is 17.7 Å². The van der Waals surface area contributed by atoms with Crippen molar-refractivity contribution in [3.8, 4) is 0 Å². The Kier molecular flexibility index (Phi) is 3.61. The Balaban J connectivity index is 1.64. The van der Waals surface area contributed by atoms with Crippen LogP contribution in [0.25, 0.3) is 0 Å². The van der Waals surface area contributed by atoms with E-state index < -0.39 is 0 Å². The van der Waals surface area contributed by atoms with Gasteiger partial charge in [-0.3, -0.25) is 9.59 Å². The molecule has 1 saturated heterocycles. The van der Waals surface area contributed by atoms with Gasteiger partial charge in [0.2, 0.25) is 0 Å². The molecule has 3 heterocycles. The van der Waals surface area contributed by atoms with Crippen molar-refractivity contribution in [3.63, 3.8) is 0 Å². The van der Waals surface area contributed by atoms with E-state index in [0.29, 0.717) is 41.8 Å². The van der Waals surface area contributed by atoms with E-state index in [9.17, 15) is 9.59 Å². The fourth-order valence-corrected chi connectivity index (χ4v) is 4.14. The number of piperidine rings is 1. The topological polar surface area (TPSA) is 68.3 Å². The van der Waals surface area contributed by atoms with Crippen LogP contribution >= 0.6 is 11.6 Å². The van der Waals surface area contributed by atoms with Gasteiger partial charge in [0, 0.05) is 48.0 Å². The Morgan fingerprint density at radius 1 is 1.17 bits per heavy atom.